The van der Waals surface area contributed by atoms with Crippen molar-refractivity contribution in [1.82, 2.24) is 24.9 Å². The molecule has 1 aliphatic rings. The Morgan fingerprint density at radius 3 is 2.57 bits per heavy atom. The number of dihydropyridines is 1. The van der Waals surface area contributed by atoms with Gasteiger partial charge in [-0.15, -0.1) is 0 Å². The highest BCUT2D eigenvalue weighted by Gasteiger charge is 2.37. The van der Waals surface area contributed by atoms with Crippen LogP contribution >= 0.6 is 0 Å². The summed E-state index contributed by atoms with van der Waals surface area (Å²) >= 11 is 0. The number of pyridine rings is 2. The van der Waals surface area contributed by atoms with Crippen LogP contribution in [0.3, 0.4) is 0 Å². The molecule has 4 rings (SSSR count). The van der Waals surface area contributed by atoms with E-state index >= 15 is 0 Å². The number of ether oxygens (including phenoxy) is 1. The average molecular weight is 406 g/mol. The van der Waals surface area contributed by atoms with Gasteiger partial charge in [0.1, 0.15) is 17.5 Å². The summed E-state index contributed by atoms with van der Waals surface area (Å²) in [5, 5.41) is 0. The van der Waals surface area contributed by atoms with E-state index in [-0.39, 0.29) is 24.2 Å². The Morgan fingerprint density at radius 2 is 1.90 bits per heavy atom. The quantitative estimate of drug-likeness (QED) is 0.664. The number of aromatic nitrogens is 5. The lowest BCUT2D eigenvalue weighted by molar-refractivity contribution is 0.397. The minimum absolute atomic E-state index is 0.0703. The Bertz CT molecular complexity index is 1140. The lowest BCUT2D eigenvalue weighted by Crippen LogP contribution is -2.36. The average Bonchev–Trinajstić information content (AvgIpc) is 2.74. The van der Waals surface area contributed by atoms with Crippen molar-refractivity contribution in [3.8, 4) is 5.88 Å². The molecule has 0 aliphatic carbocycles. The lowest BCUT2D eigenvalue weighted by atomic mass is 9.73. The molecule has 4 N–H and O–H groups in total. The van der Waals surface area contributed by atoms with Gasteiger partial charge in [-0.1, -0.05) is 12.1 Å². The van der Waals surface area contributed by atoms with Crippen molar-refractivity contribution in [2.24, 2.45) is 10.7 Å². The molecule has 0 saturated heterocycles. The minimum Gasteiger partial charge on any atom is -0.481 e. The molecule has 10 heteroatoms. The van der Waals surface area contributed by atoms with Crippen molar-refractivity contribution < 1.29 is 9.13 Å². The highest BCUT2D eigenvalue weighted by molar-refractivity contribution is 6.21. The zero-order chi connectivity index (χ0) is 21.3. The van der Waals surface area contributed by atoms with Gasteiger partial charge in [0.2, 0.25) is 11.8 Å². The second-order valence-electron chi connectivity index (χ2n) is 6.78. The number of anilines is 1. The number of hydrogen-bond acceptors (Lipinski definition) is 9. The number of nitrogen functional groups attached to an aromatic ring is 1. The van der Waals surface area contributed by atoms with Gasteiger partial charge >= 0.3 is 0 Å². The molecule has 1 atom stereocenters. The molecule has 0 saturated carbocycles. The molecule has 3 aromatic rings. The lowest BCUT2D eigenvalue weighted by Gasteiger charge is -2.33. The summed E-state index contributed by atoms with van der Waals surface area (Å²) < 4.78 is 19.3. The van der Waals surface area contributed by atoms with Crippen molar-refractivity contribution in [1.29, 1.82) is 0 Å². The van der Waals surface area contributed by atoms with Crippen LogP contribution in [-0.4, -0.2) is 44.4 Å². The third-order valence-corrected chi connectivity index (χ3v) is 4.85. The fourth-order valence-corrected chi connectivity index (χ4v) is 3.40. The Labute approximate surface area is 171 Å². The Hall–Kier alpha value is -3.95. The van der Waals surface area contributed by atoms with E-state index in [1.807, 2.05) is 12.1 Å². The first-order chi connectivity index (χ1) is 14.4. The molecule has 4 heterocycles. The summed E-state index contributed by atoms with van der Waals surface area (Å²) in [6, 6.07) is 4.98. The molecular formula is C20H19FN8O. The number of nitrogens with zero attached hydrogens (tertiary/aromatic N) is 6. The molecule has 0 radical (unpaired) electrons. The van der Waals surface area contributed by atoms with Gasteiger partial charge in [0.25, 0.3) is 0 Å². The van der Waals surface area contributed by atoms with Crippen LogP contribution in [0.1, 0.15) is 22.8 Å². The van der Waals surface area contributed by atoms with Crippen LogP contribution in [0.5, 0.6) is 5.88 Å². The third-order valence-electron chi connectivity index (χ3n) is 4.85. The van der Waals surface area contributed by atoms with E-state index in [4.69, 9.17) is 16.2 Å². The summed E-state index contributed by atoms with van der Waals surface area (Å²) in [7, 11) is 1.53. The Kier molecular flexibility index (Phi) is 4.82. The summed E-state index contributed by atoms with van der Waals surface area (Å²) in [6.07, 6.45) is 6.24. The molecule has 0 spiro atoms. The fourth-order valence-electron chi connectivity index (χ4n) is 3.40. The smallest absolute Gasteiger partial charge is 0.223 e. The minimum atomic E-state index is -0.901. The summed E-state index contributed by atoms with van der Waals surface area (Å²) in [5.41, 5.74) is 12.9. The first-order valence-corrected chi connectivity index (χ1v) is 9.04. The maximum absolute atomic E-state index is 14.1. The van der Waals surface area contributed by atoms with Crippen LogP contribution in [-0.2, 0) is 5.41 Å². The third kappa shape index (κ3) is 3.43. The summed E-state index contributed by atoms with van der Waals surface area (Å²) in [4.78, 5) is 25.4. The normalized spacial score (nSPS) is 18.5. The topological polar surface area (TPSA) is 138 Å². The van der Waals surface area contributed by atoms with Gasteiger partial charge in [-0.25, -0.2) is 14.4 Å². The van der Waals surface area contributed by atoms with Crippen LogP contribution in [0.2, 0.25) is 0 Å². The molecule has 1 unspecified atom stereocenters. The molecular weight excluding hydrogens is 387 g/mol. The molecule has 0 fully saturated rings. The molecule has 9 nitrogen and oxygen atoms in total. The maximum atomic E-state index is 14.1. The first kappa shape index (κ1) is 19.4. The Morgan fingerprint density at radius 1 is 1.07 bits per heavy atom. The van der Waals surface area contributed by atoms with Gasteiger partial charge in [0.05, 0.1) is 30.8 Å². The van der Waals surface area contributed by atoms with Crippen molar-refractivity contribution in [2.45, 2.75) is 12.3 Å². The summed E-state index contributed by atoms with van der Waals surface area (Å²) in [5.74, 6) is 1.04. The Balaban J connectivity index is 1.96. The monoisotopic (exact) mass is 406 g/mol. The standard InChI is InChI=1S/C20H19FN8O/c1-11-27-18(29-19(23)28-11)15-6-20(10-26-17(15)22,13-5-14(21)9-24-7-13)12-3-4-16(30-2)25-8-12/h3-9H,10H2,1-2H3,(H2,22,26)(H2,23,27,28,29). The van der Waals surface area contributed by atoms with Crippen LogP contribution < -0.4 is 16.2 Å². The highest BCUT2D eigenvalue weighted by atomic mass is 19.1. The van der Waals surface area contributed by atoms with Gasteiger partial charge in [0, 0.05) is 18.5 Å². The number of methoxy groups -OCH3 is 1. The fraction of sp³-hybridized carbons (Fsp3) is 0.200. The van der Waals surface area contributed by atoms with E-state index in [0.29, 0.717) is 22.8 Å². The van der Waals surface area contributed by atoms with E-state index in [0.717, 1.165) is 11.8 Å². The maximum Gasteiger partial charge on any atom is 0.223 e. The first-order valence-electron chi connectivity index (χ1n) is 9.04. The number of hydrogen-bond donors (Lipinski definition) is 2. The van der Waals surface area contributed by atoms with Gasteiger partial charge in [-0.05, 0) is 24.1 Å². The number of rotatable bonds is 4. The number of aryl methyl sites for hydroxylation is 1. The van der Waals surface area contributed by atoms with Crippen molar-refractivity contribution in [3.63, 3.8) is 0 Å². The van der Waals surface area contributed by atoms with E-state index in [2.05, 4.69) is 29.9 Å². The van der Waals surface area contributed by atoms with Crippen LogP contribution in [0.15, 0.2) is 47.9 Å². The number of nitrogens with two attached hydrogens (primary N) is 2. The molecule has 0 bridgehead atoms. The van der Waals surface area contributed by atoms with E-state index in [9.17, 15) is 4.39 Å². The SMILES string of the molecule is COc1ccc(C2(c3cncc(F)c3)C=C(c3nc(C)nc(N)n3)C(N)=NC2)cn1. The predicted octanol–water partition coefficient (Wildman–Crippen LogP) is 1.44. The van der Waals surface area contributed by atoms with Crippen LogP contribution in [0, 0.1) is 12.7 Å². The van der Waals surface area contributed by atoms with E-state index in [1.54, 1.807) is 25.4 Å². The molecule has 0 aromatic carbocycles. The van der Waals surface area contributed by atoms with Crippen LogP contribution in [0.25, 0.3) is 5.57 Å². The van der Waals surface area contributed by atoms with Gasteiger partial charge in [0.15, 0.2) is 5.82 Å². The van der Waals surface area contributed by atoms with Crippen molar-refractivity contribution in [2.75, 3.05) is 19.4 Å². The number of aliphatic imine (C=N–C) groups is 1. The van der Waals surface area contributed by atoms with Crippen molar-refractivity contribution in [3.05, 3.63) is 71.5 Å². The zero-order valence-electron chi connectivity index (χ0n) is 16.4. The van der Waals surface area contributed by atoms with Gasteiger partial charge < -0.3 is 16.2 Å². The van der Waals surface area contributed by atoms with Gasteiger partial charge in [-0.3, -0.25) is 9.98 Å². The van der Waals surface area contributed by atoms with E-state index in [1.165, 1.54) is 13.2 Å². The number of amidine groups is 1. The molecule has 1 aliphatic heterocycles. The summed E-state index contributed by atoms with van der Waals surface area (Å²) in [6.45, 7) is 1.93. The largest absolute Gasteiger partial charge is 0.481 e. The predicted molar refractivity (Wildman–Crippen MR) is 109 cm³/mol. The zero-order valence-corrected chi connectivity index (χ0v) is 16.4. The van der Waals surface area contributed by atoms with Crippen molar-refractivity contribution >= 4 is 17.4 Å². The molecule has 152 valence electrons. The molecule has 0 amide bonds. The molecule has 30 heavy (non-hydrogen) atoms. The number of halogens is 1. The van der Waals surface area contributed by atoms with E-state index < -0.39 is 11.2 Å². The second kappa shape index (κ2) is 7.47. The van der Waals surface area contributed by atoms with Gasteiger partial charge in [-0.2, -0.15) is 9.97 Å². The molecule has 3 aromatic heterocycles. The van der Waals surface area contributed by atoms with Crippen LogP contribution in [0.4, 0.5) is 10.3 Å². The second-order valence-corrected chi connectivity index (χ2v) is 6.78. The highest BCUT2D eigenvalue weighted by Crippen LogP contribution is 2.39.